The minimum absolute atomic E-state index is 0.00714. The lowest BCUT2D eigenvalue weighted by atomic mass is 10.0. The van der Waals surface area contributed by atoms with Gasteiger partial charge < -0.3 is 5.32 Å². The third-order valence-corrected chi connectivity index (χ3v) is 5.96. The summed E-state index contributed by atoms with van der Waals surface area (Å²) in [5, 5.41) is 26.5. The first-order valence-electron chi connectivity index (χ1n) is 7.79. The molecule has 1 aromatic carbocycles. The van der Waals surface area contributed by atoms with E-state index in [2.05, 4.69) is 11.4 Å². The van der Waals surface area contributed by atoms with E-state index in [4.69, 9.17) is 11.6 Å². The van der Waals surface area contributed by atoms with Gasteiger partial charge in [-0.05, 0) is 41.6 Å². The molecule has 0 radical (unpaired) electrons. The molecular formula is C20H12ClN3OS2. The molecule has 0 aliphatic heterocycles. The number of carbonyl (C=O) groups excluding carboxylic acids is 1. The highest BCUT2D eigenvalue weighted by atomic mass is 35.5. The van der Waals surface area contributed by atoms with Gasteiger partial charge in [-0.1, -0.05) is 29.8 Å². The van der Waals surface area contributed by atoms with Crippen LogP contribution in [0.15, 0.2) is 52.7 Å². The Hall–Kier alpha value is -2.90. The van der Waals surface area contributed by atoms with Crippen LogP contribution in [-0.4, -0.2) is 5.91 Å². The Balaban J connectivity index is 1.93. The van der Waals surface area contributed by atoms with Crippen molar-refractivity contribution in [2.24, 2.45) is 0 Å². The summed E-state index contributed by atoms with van der Waals surface area (Å²) in [5.74, 6) is -0.541. The van der Waals surface area contributed by atoms with Crippen LogP contribution in [0.4, 0.5) is 5.00 Å². The van der Waals surface area contributed by atoms with Crippen LogP contribution in [0.2, 0.25) is 5.02 Å². The molecule has 0 aliphatic carbocycles. The van der Waals surface area contributed by atoms with Crippen LogP contribution in [0.3, 0.4) is 0 Å². The Morgan fingerprint density at radius 3 is 2.48 bits per heavy atom. The molecule has 1 N–H and O–H groups in total. The summed E-state index contributed by atoms with van der Waals surface area (Å²) in [5.41, 5.74) is 2.45. The summed E-state index contributed by atoms with van der Waals surface area (Å²) in [6, 6.07) is 14.9. The van der Waals surface area contributed by atoms with Crippen molar-refractivity contribution in [1.82, 2.24) is 0 Å². The maximum atomic E-state index is 12.7. The second-order valence-corrected chi connectivity index (χ2v) is 7.78. The van der Waals surface area contributed by atoms with Gasteiger partial charge in [0, 0.05) is 20.8 Å². The van der Waals surface area contributed by atoms with Crippen LogP contribution in [0.1, 0.15) is 18.1 Å². The summed E-state index contributed by atoms with van der Waals surface area (Å²) < 4.78 is 0. The van der Waals surface area contributed by atoms with E-state index < -0.39 is 5.91 Å². The number of allylic oxidation sites excluding steroid dienone is 1. The molecule has 3 rings (SSSR count). The summed E-state index contributed by atoms with van der Waals surface area (Å²) in [6.45, 7) is 1.71. The van der Waals surface area contributed by atoms with E-state index in [1.807, 2.05) is 29.0 Å². The highest BCUT2D eigenvalue weighted by Crippen LogP contribution is 2.37. The molecule has 0 spiro atoms. The topological polar surface area (TPSA) is 76.7 Å². The van der Waals surface area contributed by atoms with Gasteiger partial charge in [0.15, 0.2) is 0 Å². The van der Waals surface area contributed by atoms with Crippen molar-refractivity contribution < 1.29 is 4.79 Å². The SMILES string of the molecule is CC(=C(C#N)C(=O)Nc1scc(-c2cccs2)c1C#N)c1ccc(Cl)cc1. The third-order valence-electron chi connectivity index (χ3n) is 3.91. The average molecular weight is 410 g/mol. The highest BCUT2D eigenvalue weighted by Gasteiger charge is 2.19. The summed E-state index contributed by atoms with van der Waals surface area (Å²) >= 11 is 8.68. The zero-order chi connectivity index (χ0) is 19.4. The molecule has 0 atom stereocenters. The van der Waals surface area contributed by atoms with Crippen molar-refractivity contribution in [2.75, 3.05) is 5.32 Å². The third kappa shape index (κ3) is 3.94. The van der Waals surface area contributed by atoms with Crippen LogP contribution in [0, 0.1) is 22.7 Å². The zero-order valence-corrected chi connectivity index (χ0v) is 16.5. The number of nitrogens with one attached hydrogen (secondary N) is 1. The normalized spacial score (nSPS) is 11.3. The molecule has 0 saturated carbocycles. The van der Waals surface area contributed by atoms with E-state index in [9.17, 15) is 15.3 Å². The second kappa shape index (κ2) is 8.20. The van der Waals surface area contributed by atoms with Crippen LogP contribution in [0.25, 0.3) is 16.0 Å². The van der Waals surface area contributed by atoms with Crippen molar-refractivity contribution in [3.8, 4) is 22.6 Å². The first-order valence-corrected chi connectivity index (χ1v) is 9.92. The summed E-state index contributed by atoms with van der Waals surface area (Å²) in [4.78, 5) is 13.6. The maximum absolute atomic E-state index is 12.7. The monoisotopic (exact) mass is 409 g/mol. The van der Waals surface area contributed by atoms with Gasteiger partial charge in [0.1, 0.15) is 22.7 Å². The Labute approximate surface area is 169 Å². The number of carbonyl (C=O) groups is 1. The predicted molar refractivity (Wildman–Crippen MR) is 111 cm³/mol. The highest BCUT2D eigenvalue weighted by molar-refractivity contribution is 7.16. The lowest BCUT2D eigenvalue weighted by molar-refractivity contribution is -0.112. The molecule has 27 heavy (non-hydrogen) atoms. The van der Waals surface area contributed by atoms with Gasteiger partial charge in [0.25, 0.3) is 5.91 Å². The molecule has 7 heteroatoms. The molecule has 2 heterocycles. The van der Waals surface area contributed by atoms with Gasteiger partial charge in [-0.3, -0.25) is 4.79 Å². The fourth-order valence-corrected chi connectivity index (χ4v) is 4.34. The van der Waals surface area contributed by atoms with Crippen molar-refractivity contribution in [2.45, 2.75) is 6.92 Å². The van der Waals surface area contributed by atoms with E-state index in [0.29, 0.717) is 21.2 Å². The Morgan fingerprint density at radius 2 is 1.89 bits per heavy atom. The number of benzene rings is 1. The standard InChI is InChI=1S/C20H12ClN3OS2/c1-12(13-4-6-14(21)7-5-13)15(9-22)19(25)24-20-16(10-23)17(11-27-20)18-3-2-8-26-18/h2-8,11H,1H3,(H,24,25). The van der Waals surface area contributed by atoms with Crippen molar-refractivity contribution >= 4 is 50.8 Å². The summed E-state index contributed by atoms with van der Waals surface area (Å²) in [6.07, 6.45) is 0. The molecule has 3 aromatic rings. The molecule has 0 saturated heterocycles. The van der Waals surface area contributed by atoms with Gasteiger partial charge in [-0.25, -0.2) is 0 Å². The van der Waals surface area contributed by atoms with E-state index >= 15 is 0 Å². The Bertz CT molecular complexity index is 1100. The minimum atomic E-state index is -0.541. The van der Waals surface area contributed by atoms with Gasteiger partial charge in [-0.15, -0.1) is 22.7 Å². The number of anilines is 1. The fourth-order valence-electron chi connectivity index (χ4n) is 2.49. The number of thiophene rings is 2. The Kier molecular flexibility index (Phi) is 5.73. The average Bonchev–Trinajstić information content (AvgIpc) is 3.32. The van der Waals surface area contributed by atoms with Crippen LogP contribution in [-0.2, 0) is 4.79 Å². The van der Waals surface area contributed by atoms with Gasteiger partial charge >= 0.3 is 0 Å². The van der Waals surface area contributed by atoms with E-state index in [0.717, 1.165) is 16.0 Å². The molecule has 132 valence electrons. The number of nitriles is 2. The largest absolute Gasteiger partial charge is 0.312 e. The van der Waals surface area contributed by atoms with Crippen molar-refractivity contribution in [3.05, 3.63) is 68.9 Å². The number of nitrogens with zero attached hydrogens (tertiary/aromatic N) is 2. The zero-order valence-electron chi connectivity index (χ0n) is 14.1. The second-order valence-electron chi connectivity index (χ2n) is 5.52. The molecule has 4 nitrogen and oxygen atoms in total. The molecule has 0 aliphatic rings. The molecule has 0 bridgehead atoms. The smallest absolute Gasteiger partial charge is 0.267 e. The van der Waals surface area contributed by atoms with Crippen molar-refractivity contribution in [3.63, 3.8) is 0 Å². The van der Waals surface area contributed by atoms with Gasteiger partial charge in [0.2, 0.25) is 0 Å². The number of amides is 1. The first-order chi connectivity index (χ1) is 13.0. The van der Waals surface area contributed by atoms with Gasteiger partial charge in [-0.2, -0.15) is 10.5 Å². The minimum Gasteiger partial charge on any atom is -0.312 e. The van der Waals surface area contributed by atoms with Crippen LogP contribution >= 0.6 is 34.3 Å². The number of hydrogen-bond acceptors (Lipinski definition) is 5. The number of hydrogen-bond donors (Lipinski definition) is 1. The number of rotatable bonds is 4. The van der Waals surface area contributed by atoms with Crippen molar-refractivity contribution in [1.29, 1.82) is 10.5 Å². The summed E-state index contributed by atoms with van der Waals surface area (Å²) in [7, 11) is 0. The quantitative estimate of drug-likeness (QED) is 0.428. The molecule has 0 fully saturated rings. The number of halogens is 1. The Morgan fingerprint density at radius 1 is 1.15 bits per heavy atom. The lowest BCUT2D eigenvalue weighted by Gasteiger charge is -2.07. The van der Waals surface area contributed by atoms with E-state index in [-0.39, 0.29) is 5.57 Å². The first kappa shape index (κ1) is 18.9. The van der Waals surface area contributed by atoms with E-state index in [1.165, 1.54) is 22.7 Å². The van der Waals surface area contributed by atoms with E-state index in [1.54, 1.807) is 31.2 Å². The fraction of sp³-hybridized carbons (Fsp3) is 0.0500. The maximum Gasteiger partial charge on any atom is 0.267 e. The van der Waals surface area contributed by atoms with Crippen LogP contribution < -0.4 is 5.32 Å². The van der Waals surface area contributed by atoms with Crippen LogP contribution in [0.5, 0.6) is 0 Å². The lowest BCUT2D eigenvalue weighted by Crippen LogP contribution is -2.14. The molecule has 2 aromatic heterocycles. The molecule has 1 amide bonds. The predicted octanol–water partition coefficient (Wildman–Crippen LogP) is 5.94. The van der Waals surface area contributed by atoms with Gasteiger partial charge in [0.05, 0.1) is 5.56 Å². The molecule has 0 unspecified atom stereocenters. The molecular weight excluding hydrogens is 398 g/mol.